The van der Waals surface area contributed by atoms with Gasteiger partial charge in [0.05, 0.1) is 19.8 Å². The van der Waals surface area contributed by atoms with Gasteiger partial charge >= 0.3 is 17.9 Å². The van der Waals surface area contributed by atoms with E-state index in [1.54, 1.807) is 6.92 Å². The molecule has 0 bridgehead atoms. The number of allylic oxidation sites excluding steroid dienone is 1. The molecule has 194 valence electrons. The van der Waals surface area contributed by atoms with Crippen LogP contribution in [0.25, 0.3) is 6.08 Å². The molecule has 7 heteroatoms. The highest BCUT2D eigenvalue weighted by atomic mass is 16.5. The topological polar surface area (TPSA) is 99.1 Å². The SMILES string of the molecule is C=C(C)C(=O)OCCO.C=C(CC=Cc1ccccc1)C(=O)OCCC.C=CC(=O)OCCCC. The molecule has 0 saturated carbocycles. The Morgan fingerprint density at radius 2 is 1.54 bits per heavy atom. The zero-order chi connectivity index (χ0) is 26.9. The van der Waals surface area contributed by atoms with E-state index in [1.807, 2.05) is 56.3 Å². The second-order valence-electron chi connectivity index (χ2n) is 7.12. The number of benzene rings is 1. The van der Waals surface area contributed by atoms with Crippen molar-refractivity contribution >= 4 is 24.0 Å². The van der Waals surface area contributed by atoms with Crippen LogP contribution in [0.2, 0.25) is 0 Å². The fraction of sp³-hybridized carbons (Fsp3) is 0.393. The van der Waals surface area contributed by atoms with Crippen molar-refractivity contribution in [1.29, 1.82) is 0 Å². The zero-order valence-corrected chi connectivity index (χ0v) is 21.3. The van der Waals surface area contributed by atoms with Crippen LogP contribution in [0.3, 0.4) is 0 Å². The monoisotopic (exact) mass is 488 g/mol. The maximum absolute atomic E-state index is 11.4. The molecule has 1 aromatic rings. The Morgan fingerprint density at radius 3 is 2.06 bits per heavy atom. The second-order valence-corrected chi connectivity index (χ2v) is 7.12. The van der Waals surface area contributed by atoms with Crippen molar-refractivity contribution in [2.45, 2.75) is 46.5 Å². The third kappa shape index (κ3) is 22.1. The number of carbonyl (C=O) groups excluding carboxylic acids is 3. The Bertz CT molecular complexity index is 793. The molecule has 1 rings (SSSR count). The summed E-state index contributed by atoms with van der Waals surface area (Å²) in [5.74, 6) is -1.09. The van der Waals surface area contributed by atoms with Gasteiger partial charge in [0.25, 0.3) is 0 Å². The van der Waals surface area contributed by atoms with Gasteiger partial charge in [-0.2, -0.15) is 0 Å². The summed E-state index contributed by atoms with van der Waals surface area (Å²) in [5, 5.41) is 8.19. The van der Waals surface area contributed by atoms with E-state index in [0.717, 1.165) is 24.8 Å². The average Bonchev–Trinajstić information content (AvgIpc) is 2.87. The molecule has 0 aliphatic heterocycles. The molecule has 0 amide bonds. The first-order valence-corrected chi connectivity index (χ1v) is 11.5. The molecular formula is C28H40O7. The Balaban J connectivity index is 0. The first-order chi connectivity index (χ1) is 16.7. The summed E-state index contributed by atoms with van der Waals surface area (Å²) in [6, 6.07) is 9.94. The van der Waals surface area contributed by atoms with Gasteiger partial charge in [-0.05, 0) is 31.7 Å². The number of carbonyl (C=O) groups is 3. The summed E-state index contributed by atoms with van der Waals surface area (Å²) in [5.41, 5.74) is 1.95. The molecule has 0 radical (unpaired) electrons. The largest absolute Gasteiger partial charge is 0.463 e. The third-order valence-electron chi connectivity index (χ3n) is 3.78. The van der Waals surface area contributed by atoms with Crippen molar-refractivity contribution in [1.82, 2.24) is 0 Å². The van der Waals surface area contributed by atoms with E-state index in [4.69, 9.17) is 9.84 Å². The van der Waals surface area contributed by atoms with Crippen molar-refractivity contribution in [2.75, 3.05) is 26.4 Å². The molecule has 0 fully saturated rings. The molecule has 0 saturated heterocycles. The van der Waals surface area contributed by atoms with Crippen LogP contribution < -0.4 is 0 Å². The van der Waals surface area contributed by atoms with Crippen molar-refractivity contribution in [2.24, 2.45) is 0 Å². The molecule has 0 aliphatic carbocycles. The number of hydrogen-bond acceptors (Lipinski definition) is 7. The molecule has 1 N–H and O–H groups in total. The van der Waals surface area contributed by atoms with E-state index < -0.39 is 5.97 Å². The Labute approximate surface area is 209 Å². The lowest BCUT2D eigenvalue weighted by Crippen LogP contribution is -2.08. The van der Waals surface area contributed by atoms with E-state index in [0.29, 0.717) is 30.8 Å². The minimum absolute atomic E-state index is 0.0473. The molecule has 0 aromatic heterocycles. The Kier molecular flexibility index (Phi) is 22.8. The summed E-state index contributed by atoms with van der Waals surface area (Å²) in [6.07, 6.45) is 8.40. The van der Waals surface area contributed by atoms with Gasteiger partial charge in [-0.3, -0.25) is 0 Å². The average molecular weight is 489 g/mol. The highest BCUT2D eigenvalue weighted by molar-refractivity contribution is 5.88. The lowest BCUT2D eigenvalue weighted by molar-refractivity contribution is -0.140. The van der Waals surface area contributed by atoms with Crippen LogP contribution in [0.5, 0.6) is 0 Å². The van der Waals surface area contributed by atoms with Crippen molar-refractivity contribution < 1.29 is 33.7 Å². The molecule has 0 unspecified atom stereocenters. The number of aliphatic hydroxyl groups is 1. The van der Waals surface area contributed by atoms with E-state index >= 15 is 0 Å². The zero-order valence-electron chi connectivity index (χ0n) is 21.3. The Morgan fingerprint density at radius 1 is 0.914 bits per heavy atom. The summed E-state index contributed by atoms with van der Waals surface area (Å²) in [4.78, 5) is 32.2. The summed E-state index contributed by atoms with van der Waals surface area (Å²) in [6.45, 7) is 16.8. The van der Waals surface area contributed by atoms with Crippen molar-refractivity contribution in [3.8, 4) is 0 Å². The van der Waals surface area contributed by atoms with Gasteiger partial charge in [0.15, 0.2) is 0 Å². The lowest BCUT2D eigenvalue weighted by atomic mass is 10.1. The van der Waals surface area contributed by atoms with E-state index in [2.05, 4.69) is 29.2 Å². The van der Waals surface area contributed by atoms with E-state index in [-0.39, 0.29) is 25.2 Å². The van der Waals surface area contributed by atoms with Crippen molar-refractivity contribution in [3.05, 3.63) is 78.9 Å². The molecule has 7 nitrogen and oxygen atoms in total. The maximum Gasteiger partial charge on any atom is 0.333 e. The van der Waals surface area contributed by atoms with Gasteiger partial charge < -0.3 is 19.3 Å². The minimum Gasteiger partial charge on any atom is -0.463 e. The first kappa shape index (κ1) is 33.7. The van der Waals surface area contributed by atoms with Crippen LogP contribution in [-0.4, -0.2) is 49.4 Å². The predicted molar refractivity (Wildman–Crippen MR) is 139 cm³/mol. The van der Waals surface area contributed by atoms with Crippen LogP contribution in [0.1, 0.15) is 52.0 Å². The molecule has 0 heterocycles. The maximum atomic E-state index is 11.4. The fourth-order valence-corrected chi connectivity index (χ4v) is 1.92. The lowest BCUT2D eigenvalue weighted by Gasteiger charge is -2.03. The van der Waals surface area contributed by atoms with Gasteiger partial charge in [-0.15, -0.1) is 0 Å². The van der Waals surface area contributed by atoms with Crippen LogP contribution in [0, 0.1) is 0 Å². The van der Waals surface area contributed by atoms with Crippen LogP contribution in [0.15, 0.2) is 73.4 Å². The normalized spacial score (nSPS) is 9.49. The highest BCUT2D eigenvalue weighted by Crippen LogP contribution is 2.07. The molecule has 35 heavy (non-hydrogen) atoms. The second kappa shape index (κ2) is 23.7. The molecule has 1 aromatic carbocycles. The molecule has 0 aliphatic rings. The summed E-state index contributed by atoms with van der Waals surface area (Å²) >= 11 is 0. The molecule has 0 atom stereocenters. The standard InChI is InChI=1S/C15H18O2.C7H12O2.C6H10O3/c1-3-12-17-15(16)13(2)8-7-11-14-9-5-4-6-10-14;1-3-5-6-9-7(8)4-2;1-5(2)6(8)9-4-3-7/h4-7,9-11H,2-3,8,12H2,1H3;4H,2-3,5-6H2,1H3;7H,1,3-4H2,2H3. The highest BCUT2D eigenvalue weighted by Gasteiger charge is 2.05. The van der Waals surface area contributed by atoms with Gasteiger partial charge in [-0.25, -0.2) is 14.4 Å². The van der Waals surface area contributed by atoms with E-state index in [1.165, 1.54) is 6.08 Å². The van der Waals surface area contributed by atoms with Crippen LogP contribution >= 0.6 is 0 Å². The Hall–Kier alpha value is -3.45. The number of esters is 3. The van der Waals surface area contributed by atoms with Gasteiger partial charge in [0.2, 0.25) is 0 Å². The number of aliphatic hydroxyl groups excluding tert-OH is 1. The van der Waals surface area contributed by atoms with Crippen LogP contribution in [0.4, 0.5) is 0 Å². The van der Waals surface area contributed by atoms with Crippen LogP contribution in [-0.2, 0) is 28.6 Å². The van der Waals surface area contributed by atoms with E-state index in [9.17, 15) is 14.4 Å². The number of rotatable bonds is 13. The first-order valence-electron chi connectivity index (χ1n) is 11.5. The quantitative estimate of drug-likeness (QED) is 0.176. The molecule has 0 spiro atoms. The minimum atomic E-state index is -0.455. The smallest absolute Gasteiger partial charge is 0.333 e. The number of unbranched alkanes of at least 4 members (excludes halogenated alkanes) is 1. The van der Waals surface area contributed by atoms with Gasteiger partial charge in [-0.1, -0.05) is 82.5 Å². The number of ether oxygens (including phenoxy) is 3. The molecular weight excluding hydrogens is 448 g/mol. The number of hydrogen-bond donors (Lipinski definition) is 1. The summed E-state index contributed by atoms with van der Waals surface area (Å²) in [7, 11) is 0. The third-order valence-corrected chi connectivity index (χ3v) is 3.78. The van der Waals surface area contributed by atoms with Gasteiger partial charge in [0, 0.05) is 17.2 Å². The summed E-state index contributed by atoms with van der Waals surface area (Å²) < 4.78 is 14.1. The fourth-order valence-electron chi connectivity index (χ4n) is 1.92. The predicted octanol–water partition coefficient (Wildman–Crippen LogP) is 5.21. The van der Waals surface area contributed by atoms with Gasteiger partial charge in [0.1, 0.15) is 6.61 Å². The van der Waals surface area contributed by atoms with Crippen molar-refractivity contribution in [3.63, 3.8) is 0 Å².